The molecule has 35 heavy (non-hydrogen) atoms. The number of amides is 2. The lowest BCUT2D eigenvalue weighted by Crippen LogP contribution is -2.51. The van der Waals surface area contributed by atoms with Gasteiger partial charge in [-0.2, -0.15) is 0 Å². The van der Waals surface area contributed by atoms with Crippen LogP contribution >= 0.6 is 11.6 Å². The third-order valence-corrected chi connectivity index (χ3v) is 6.68. The minimum atomic E-state index is -3.91. The summed E-state index contributed by atoms with van der Waals surface area (Å²) in [6.07, 6.45) is 1.73. The summed E-state index contributed by atoms with van der Waals surface area (Å²) in [7, 11) is -0.963. The van der Waals surface area contributed by atoms with E-state index in [1.54, 1.807) is 44.4 Å². The van der Waals surface area contributed by atoms with E-state index in [2.05, 4.69) is 5.32 Å². The molecule has 0 unspecified atom stereocenters. The van der Waals surface area contributed by atoms with Crippen molar-refractivity contribution in [3.63, 3.8) is 0 Å². The third-order valence-electron chi connectivity index (χ3n) is 5.32. The Labute approximate surface area is 212 Å². The number of benzene rings is 2. The maximum atomic E-state index is 13.5. The van der Waals surface area contributed by atoms with Gasteiger partial charge >= 0.3 is 0 Å². The molecule has 0 fully saturated rings. The van der Waals surface area contributed by atoms with Crippen LogP contribution in [0.25, 0.3) is 0 Å². The van der Waals surface area contributed by atoms with Gasteiger partial charge in [0.2, 0.25) is 21.8 Å². The molecule has 0 aliphatic carbocycles. The molecule has 2 aromatic carbocycles. The van der Waals surface area contributed by atoms with Gasteiger partial charge in [-0.25, -0.2) is 8.42 Å². The van der Waals surface area contributed by atoms with Crippen LogP contribution in [0.5, 0.6) is 11.5 Å². The van der Waals surface area contributed by atoms with Crippen molar-refractivity contribution in [1.29, 1.82) is 0 Å². The molecule has 0 spiro atoms. The van der Waals surface area contributed by atoms with Gasteiger partial charge < -0.3 is 19.7 Å². The summed E-state index contributed by atoms with van der Waals surface area (Å²) in [5, 5.41) is 3.07. The molecular weight excluding hydrogens is 494 g/mol. The van der Waals surface area contributed by atoms with E-state index in [0.717, 1.165) is 22.5 Å². The number of rotatable bonds is 12. The number of methoxy groups -OCH3 is 2. The number of ether oxygens (including phenoxy) is 2. The molecule has 2 rings (SSSR count). The molecule has 0 aliphatic rings. The average molecular weight is 526 g/mol. The molecule has 192 valence electrons. The zero-order chi connectivity index (χ0) is 26.2. The lowest BCUT2D eigenvalue weighted by molar-refractivity contribution is -0.139. The van der Waals surface area contributed by atoms with Gasteiger partial charge in [0, 0.05) is 18.1 Å². The SMILES string of the molecule is CCCNC(=O)[C@H](C)N(Cc1ccc(OC)cc1)C(=O)CN(c1cc(Cl)ccc1OC)S(C)(=O)=O. The quantitative estimate of drug-likeness (QED) is 0.456. The smallest absolute Gasteiger partial charge is 0.244 e. The van der Waals surface area contributed by atoms with Gasteiger partial charge in [-0.1, -0.05) is 30.7 Å². The zero-order valence-electron chi connectivity index (χ0n) is 20.6. The number of hydrogen-bond donors (Lipinski definition) is 1. The molecule has 1 atom stereocenters. The Balaban J connectivity index is 2.43. The normalized spacial score (nSPS) is 11.9. The highest BCUT2D eigenvalue weighted by atomic mass is 35.5. The Bertz CT molecular complexity index is 1120. The van der Waals surface area contributed by atoms with Crippen LogP contribution in [0.1, 0.15) is 25.8 Å². The lowest BCUT2D eigenvalue weighted by atomic mass is 10.1. The molecule has 0 saturated carbocycles. The number of hydrogen-bond acceptors (Lipinski definition) is 6. The molecule has 0 saturated heterocycles. The number of carbonyl (C=O) groups is 2. The molecule has 2 amide bonds. The van der Waals surface area contributed by atoms with Crippen molar-refractivity contribution in [2.45, 2.75) is 32.9 Å². The Morgan fingerprint density at radius 3 is 2.29 bits per heavy atom. The minimum Gasteiger partial charge on any atom is -0.497 e. The third kappa shape index (κ3) is 7.76. The standard InChI is InChI=1S/C24H32ClN3O6S/c1-6-13-26-24(30)17(2)27(15-18-7-10-20(33-3)11-8-18)23(29)16-28(35(5,31)32)21-14-19(25)9-12-22(21)34-4/h7-12,14,17H,6,13,15-16H2,1-5H3,(H,26,30)/t17-/m0/s1. The van der Waals surface area contributed by atoms with E-state index in [1.807, 2.05) is 6.92 Å². The van der Waals surface area contributed by atoms with E-state index >= 15 is 0 Å². The summed E-state index contributed by atoms with van der Waals surface area (Å²) < 4.78 is 36.8. The van der Waals surface area contributed by atoms with E-state index < -0.39 is 28.5 Å². The number of anilines is 1. The molecular formula is C24H32ClN3O6S. The number of sulfonamides is 1. The van der Waals surface area contributed by atoms with Crippen LogP contribution in [-0.4, -0.2) is 64.7 Å². The highest BCUT2D eigenvalue weighted by Crippen LogP contribution is 2.33. The van der Waals surface area contributed by atoms with Crippen LogP contribution in [0, 0.1) is 0 Å². The fraction of sp³-hybridized carbons (Fsp3) is 0.417. The first-order valence-corrected chi connectivity index (χ1v) is 13.3. The van der Waals surface area contributed by atoms with Crippen molar-refractivity contribution in [2.75, 3.05) is 37.9 Å². The van der Waals surface area contributed by atoms with E-state index in [0.29, 0.717) is 12.3 Å². The number of nitrogens with one attached hydrogen (secondary N) is 1. The highest BCUT2D eigenvalue weighted by Gasteiger charge is 2.31. The van der Waals surface area contributed by atoms with Gasteiger partial charge in [0.1, 0.15) is 24.1 Å². The van der Waals surface area contributed by atoms with Gasteiger partial charge in [-0.15, -0.1) is 0 Å². The van der Waals surface area contributed by atoms with Crippen LogP contribution in [-0.2, 0) is 26.2 Å². The van der Waals surface area contributed by atoms with Crippen molar-refractivity contribution in [2.24, 2.45) is 0 Å². The summed E-state index contributed by atoms with van der Waals surface area (Å²) >= 11 is 6.10. The van der Waals surface area contributed by atoms with E-state index in [4.69, 9.17) is 21.1 Å². The summed E-state index contributed by atoms with van der Waals surface area (Å²) in [6.45, 7) is 3.54. The first-order valence-electron chi connectivity index (χ1n) is 11.0. The molecule has 0 radical (unpaired) electrons. The summed E-state index contributed by atoms with van der Waals surface area (Å²) in [4.78, 5) is 27.6. The van der Waals surface area contributed by atoms with Crippen LogP contribution < -0.4 is 19.1 Å². The fourth-order valence-corrected chi connectivity index (χ4v) is 4.37. The highest BCUT2D eigenvalue weighted by molar-refractivity contribution is 7.92. The maximum absolute atomic E-state index is 13.5. The summed E-state index contributed by atoms with van der Waals surface area (Å²) in [5.74, 6) is -0.00731. The molecule has 0 aromatic heterocycles. The molecule has 2 aromatic rings. The second-order valence-electron chi connectivity index (χ2n) is 7.92. The van der Waals surface area contributed by atoms with Gasteiger partial charge in [-0.05, 0) is 49.2 Å². The topological polar surface area (TPSA) is 105 Å². The van der Waals surface area contributed by atoms with E-state index in [-0.39, 0.29) is 28.9 Å². The average Bonchev–Trinajstić information content (AvgIpc) is 2.83. The van der Waals surface area contributed by atoms with Crippen LogP contribution in [0.3, 0.4) is 0 Å². The van der Waals surface area contributed by atoms with Crippen molar-refractivity contribution < 1.29 is 27.5 Å². The Morgan fingerprint density at radius 2 is 1.74 bits per heavy atom. The predicted octanol–water partition coefficient (Wildman–Crippen LogP) is 3.07. The first kappa shape index (κ1) is 28.3. The maximum Gasteiger partial charge on any atom is 0.244 e. The van der Waals surface area contributed by atoms with Crippen LogP contribution in [0.15, 0.2) is 42.5 Å². The van der Waals surface area contributed by atoms with Crippen molar-refractivity contribution in [3.8, 4) is 11.5 Å². The first-order chi connectivity index (χ1) is 16.5. The Hall–Kier alpha value is -2.98. The van der Waals surface area contributed by atoms with E-state index in [9.17, 15) is 18.0 Å². The molecule has 0 aliphatic heterocycles. The lowest BCUT2D eigenvalue weighted by Gasteiger charge is -2.32. The minimum absolute atomic E-state index is 0.0911. The predicted molar refractivity (Wildman–Crippen MR) is 137 cm³/mol. The summed E-state index contributed by atoms with van der Waals surface area (Å²) in [5.41, 5.74) is 0.879. The van der Waals surface area contributed by atoms with Crippen molar-refractivity contribution in [1.82, 2.24) is 10.2 Å². The van der Waals surface area contributed by atoms with Crippen LogP contribution in [0.4, 0.5) is 5.69 Å². The van der Waals surface area contributed by atoms with Gasteiger partial charge in [0.05, 0.1) is 26.2 Å². The fourth-order valence-electron chi connectivity index (χ4n) is 3.36. The zero-order valence-corrected chi connectivity index (χ0v) is 22.1. The molecule has 9 nitrogen and oxygen atoms in total. The summed E-state index contributed by atoms with van der Waals surface area (Å²) in [6, 6.07) is 10.7. The number of carbonyl (C=O) groups excluding carboxylic acids is 2. The second kappa shape index (κ2) is 12.6. The monoisotopic (exact) mass is 525 g/mol. The van der Waals surface area contributed by atoms with Gasteiger partial charge in [0.15, 0.2) is 0 Å². The molecule has 11 heteroatoms. The second-order valence-corrected chi connectivity index (χ2v) is 10.3. The molecule has 1 N–H and O–H groups in total. The van der Waals surface area contributed by atoms with Gasteiger partial charge in [-0.3, -0.25) is 13.9 Å². The van der Waals surface area contributed by atoms with Crippen molar-refractivity contribution in [3.05, 3.63) is 53.1 Å². The number of halogens is 1. The Morgan fingerprint density at radius 1 is 1.09 bits per heavy atom. The Kier molecular flexibility index (Phi) is 10.2. The largest absolute Gasteiger partial charge is 0.497 e. The molecule has 0 heterocycles. The van der Waals surface area contributed by atoms with E-state index in [1.165, 1.54) is 24.1 Å². The van der Waals surface area contributed by atoms with Crippen molar-refractivity contribution >= 4 is 39.1 Å². The number of nitrogens with zero attached hydrogens (tertiary/aromatic N) is 2. The van der Waals surface area contributed by atoms with Crippen LogP contribution in [0.2, 0.25) is 5.02 Å². The van der Waals surface area contributed by atoms with Gasteiger partial charge in [0.25, 0.3) is 0 Å². The molecule has 0 bridgehead atoms.